The molecule has 0 saturated heterocycles. The maximum Gasteiger partial charge on any atom is 0.223 e. The molecule has 0 aromatic carbocycles. The number of carbonyl (C=O) groups excluding carboxylic acids is 1. The van der Waals surface area contributed by atoms with Crippen molar-refractivity contribution in [2.24, 2.45) is 0 Å². The Labute approximate surface area is 115 Å². The number of amides is 1. The second kappa shape index (κ2) is 6.44. The number of thiazole rings is 1. The first-order chi connectivity index (χ1) is 9.13. The molecule has 1 amide bonds. The summed E-state index contributed by atoms with van der Waals surface area (Å²) < 4.78 is 1.89. The molecule has 1 atom stereocenters. The van der Waals surface area contributed by atoms with Gasteiger partial charge in [0.25, 0.3) is 0 Å². The molecule has 6 nitrogen and oxygen atoms in total. The van der Waals surface area contributed by atoms with Gasteiger partial charge >= 0.3 is 0 Å². The van der Waals surface area contributed by atoms with Crippen LogP contribution in [0.25, 0.3) is 0 Å². The maximum absolute atomic E-state index is 10.9. The number of nitrogens with one attached hydrogen (secondary N) is 2. The number of rotatable bonds is 6. The summed E-state index contributed by atoms with van der Waals surface area (Å²) in [5.41, 5.74) is 0.932. The van der Waals surface area contributed by atoms with Gasteiger partial charge in [-0.2, -0.15) is 5.10 Å². The van der Waals surface area contributed by atoms with Crippen molar-refractivity contribution in [3.8, 4) is 0 Å². The fourth-order valence-corrected chi connectivity index (χ4v) is 2.38. The Morgan fingerprint density at radius 2 is 2.42 bits per heavy atom. The van der Waals surface area contributed by atoms with Crippen molar-refractivity contribution < 1.29 is 4.79 Å². The molecule has 0 bridgehead atoms. The first-order valence-corrected chi connectivity index (χ1v) is 6.94. The van der Waals surface area contributed by atoms with E-state index in [0.717, 1.165) is 12.2 Å². The highest BCUT2D eigenvalue weighted by atomic mass is 32.1. The van der Waals surface area contributed by atoms with Gasteiger partial charge in [-0.15, -0.1) is 11.3 Å². The molecule has 0 unspecified atom stereocenters. The van der Waals surface area contributed by atoms with Gasteiger partial charge in [-0.3, -0.25) is 9.48 Å². The zero-order chi connectivity index (χ0) is 13.7. The summed E-state index contributed by atoms with van der Waals surface area (Å²) in [7, 11) is 0. The normalized spacial score (nSPS) is 12.3. The molecule has 2 rings (SSSR count). The molecule has 2 aromatic heterocycles. The Bertz CT molecular complexity index is 522. The monoisotopic (exact) mass is 279 g/mol. The quantitative estimate of drug-likeness (QED) is 0.840. The van der Waals surface area contributed by atoms with Crippen LogP contribution in [0.1, 0.15) is 19.5 Å². The lowest BCUT2D eigenvalue weighted by molar-refractivity contribution is -0.114. The van der Waals surface area contributed by atoms with Crippen molar-refractivity contribution in [1.29, 1.82) is 0 Å². The van der Waals surface area contributed by atoms with Crippen LogP contribution >= 0.6 is 11.3 Å². The standard InChI is InChI=1S/C12H17N5OS/c1-9(7-17-5-3-4-14-17)13-6-11-8-19-12(16-11)15-10(2)18/h3-5,8-9,13H,6-7H2,1-2H3,(H,15,16,18)/t9-/m1/s1. The summed E-state index contributed by atoms with van der Waals surface area (Å²) in [6, 6.07) is 2.21. The number of carbonyl (C=O) groups is 1. The van der Waals surface area contributed by atoms with E-state index in [1.165, 1.54) is 18.3 Å². The van der Waals surface area contributed by atoms with Crippen LogP contribution in [0.15, 0.2) is 23.8 Å². The molecular weight excluding hydrogens is 262 g/mol. The van der Waals surface area contributed by atoms with Crippen LogP contribution in [0.2, 0.25) is 0 Å². The second-order valence-electron chi connectivity index (χ2n) is 4.34. The van der Waals surface area contributed by atoms with Crippen molar-refractivity contribution in [2.45, 2.75) is 33.0 Å². The Hall–Kier alpha value is -1.73. The molecule has 0 aliphatic carbocycles. The minimum Gasteiger partial charge on any atom is -0.307 e. The highest BCUT2D eigenvalue weighted by Crippen LogP contribution is 2.15. The van der Waals surface area contributed by atoms with Crippen LogP contribution in [-0.4, -0.2) is 26.7 Å². The number of hydrogen-bond acceptors (Lipinski definition) is 5. The summed E-state index contributed by atoms with van der Waals surface area (Å²) in [6.45, 7) is 5.07. The molecule has 2 heterocycles. The second-order valence-corrected chi connectivity index (χ2v) is 5.19. The average molecular weight is 279 g/mol. The van der Waals surface area contributed by atoms with E-state index in [4.69, 9.17) is 0 Å². The van der Waals surface area contributed by atoms with Gasteiger partial charge in [0.15, 0.2) is 5.13 Å². The van der Waals surface area contributed by atoms with Crippen molar-refractivity contribution in [2.75, 3.05) is 5.32 Å². The lowest BCUT2D eigenvalue weighted by Gasteiger charge is -2.12. The summed E-state index contributed by atoms with van der Waals surface area (Å²) in [5.74, 6) is -0.0964. The summed E-state index contributed by atoms with van der Waals surface area (Å²) in [4.78, 5) is 15.2. The van der Waals surface area contributed by atoms with Crippen molar-refractivity contribution in [1.82, 2.24) is 20.1 Å². The first-order valence-electron chi connectivity index (χ1n) is 6.06. The summed E-state index contributed by atoms with van der Waals surface area (Å²) >= 11 is 1.43. The third kappa shape index (κ3) is 4.46. The largest absolute Gasteiger partial charge is 0.307 e. The molecule has 19 heavy (non-hydrogen) atoms. The highest BCUT2D eigenvalue weighted by Gasteiger charge is 2.06. The molecule has 7 heteroatoms. The Morgan fingerprint density at radius 3 is 3.11 bits per heavy atom. The number of anilines is 1. The fraction of sp³-hybridized carbons (Fsp3) is 0.417. The van der Waals surface area contributed by atoms with Crippen molar-refractivity contribution >= 4 is 22.4 Å². The van der Waals surface area contributed by atoms with Crippen LogP contribution in [0.3, 0.4) is 0 Å². The van der Waals surface area contributed by atoms with Gasteiger partial charge < -0.3 is 10.6 Å². The van der Waals surface area contributed by atoms with Crippen LogP contribution in [-0.2, 0) is 17.9 Å². The van der Waals surface area contributed by atoms with Gasteiger partial charge in [-0.25, -0.2) is 4.98 Å². The highest BCUT2D eigenvalue weighted by molar-refractivity contribution is 7.13. The number of nitrogens with zero attached hydrogens (tertiary/aromatic N) is 3. The molecule has 0 radical (unpaired) electrons. The van der Waals surface area contributed by atoms with Crippen LogP contribution in [0, 0.1) is 0 Å². The van der Waals surface area contributed by atoms with E-state index in [2.05, 4.69) is 27.6 Å². The molecule has 2 N–H and O–H groups in total. The van der Waals surface area contributed by atoms with Gasteiger partial charge in [0.05, 0.1) is 12.2 Å². The zero-order valence-corrected chi connectivity index (χ0v) is 11.8. The first kappa shape index (κ1) is 13.7. The molecule has 102 valence electrons. The van der Waals surface area contributed by atoms with Gasteiger partial charge in [0.1, 0.15) is 0 Å². The van der Waals surface area contributed by atoms with E-state index in [1.54, 1.807) is 6.20 Å². The van der Waals surface area contributed by atoms with Crippen molar-refractivity contribution in [3.05, 3.63) is 29.5 Å². The van der Waals surface area contributed by atoms with Gasteiger partial charge in [-0.1, -0.05) is 0 Å². The van der Waals surface area contributed by atoms with E-state index in [9.17, 15) is 4.79 Å². The van der Waals surface area contributed by atoms with Gasteiger partial charge in [0.2, 0.25) is 5.91 Å². The van der Waals surface area contributed by atoms with E-state index in [1.807, 2.05) is 22.3 Å². The predicted molar refractivity (Wildman–Crippen MR) is 74.9 cm³/mol. The van der Waals surface area contributed by atoms with Gasteiger partial charge in [0, 0.05) is 37.3 Å². The van der Waals surface area contributed by atoms with E-state index < -0.39 is 0 Å². The summed E-state index contributed by atoms with van der Waals surface area (Å²) in [6.07, 6.45) is 3.71. The van der Waals surface area contributed by atoms with E-state index in [0.29, 0.717) is 17.7 Å². The maximum atomic E-state index is 10.9. The topological polar surface area (TPSA) is 71.8 Å². The van der Waals surface area contributed by atoms with E-state index >= 15 is 0 Å². The molecule has 0 saturated carbocycles. The Kier molecular flexibility index (Phi) is 4.64. The summed E-state index contributed by atoms with van der Waals surface area (Å²) in [5, 5.41) is 12.8. The fourth-order valence-electron chi connectivity index (χ4n) is 1.63. The molecule has 0 fully saturated rings. The Morgan fingerprint density at radius 1 is 1.58 bits per heavy atom. The molecule has 0 spiro atoms. The third-order valence-corrected chi connectivity index (χ3v) is 3.29. The van der Waals surface area contributed by atoms with Crippen LogP contribution in [0.4, 0.5) is 5.13 Å². The Balaban J connectivity index is 1.78. The number of hydrogen-bond donors (Lipinski definition) is 2. The van der Waals surface area contributed by atoms with Gasteiger partial charge in [-0.05, 0) is 13.0 Å². The van der Waals surface area contributed by atoms with Crippen LogP contribution in [0.5, 0.6) is 0 Å². The lowest BCUT2D eigenvalue weighted by Crippen LogP contribution is -2.30. The smallest absolute Gasteiger partial charge is 0.223 e. The molecular formula is C12H17N5OS. The average Bonchev–Trinajstić information content (AvgIpc) is 2.97. The molecule has 0 aliphatic rings. The third-order valence-electron chi connectivity index (χ3n) is 2.49. The molecule has 0 aliphatic heterocycles. The SMILES string of the molecule is CC(=O)Nc1nc(CN[C@H](C)Cn2cccn2)cs1. The minimum atomic E-state index is -0.0964. The van der Waals surface area contributed by atoms with Crippen molar-refractivity contribution in [3.63, 3.8) is 0 Å². The number of aromatic nitrogens is 3. The van der Waals surface area contributed by atoms with Crippen LogP contribution < -0.4 is 10.6 Å². The minimum absolute atomic E-state index is 0.0964. The molecule has 2 aromatic rings. The van der Waals surface area contributed by atoms with E-state index in [-0.39, 0.29) is 5.91 Å². The zero-order valence-electron chi connectivity index (χ0n) is 11.0. The lowest BCUT2D eigenvalue weighted by atomic mass is 10.3. The predicted octanol–water partition coefficient (Wildman–Crippen LogP) is 1.48.